The summed E-state index contributed by atoms with van der Waals surface area (Å²) < 4.78 is 39.7. The van der Waals surface area contributed by atoms with Gasteiger partial charge in [0.25, 0.3) is 0 Å². The maximum Gasteiger partial charge on any atom is 0.243 e. The molecule has 108 valence electrons. The molecule has 0 saturated carbocycles. The van der Waals surface area contributed by atoms with Gasteiger partial charge in [-0.3, -0.25) is 0 Å². The molecule has 0 atom stereocenters. The second-order valence-corrected chi connectivity index (χ2v) is 7.22. The number of nitrogens with two attached hydrogens (primary N) is 1. The lowest BCUT2D eigenvalue weighted by molar-refractivity contribution is 0.486. The number of halogens is 1. The first-order valence-corrected chi connectivity index (χ1v) is 8.62. The summed E-state index contributed by atoms with van der Waals surface area (Å²) in [5.41, 5.74) is 6.06. The van der Waals surface area contributed by atoms with Gasteiger partial charge in [0.05, 0.1) is 4.90 Å². The van der Waals surface area contributed by atoms with E-state index in [0.717, 1.165) is 0 Å². The molecule has 0 heterocycles. The first-order chi connectivity index (χ1) is 8.84. The molecule has 2 N–H and O–H groups in total. The van der Waals surface area contributed by atoms with Gasteiger partial charge < -0.3 is 5.73 Å². The third kappa shape index (κ3) is 3.68. The highest BCUT2D eigenvalue weighted by atomic mass is 32.2. The number of sulfonamides is 1. The maximum absolute atomic E-state index is 13.7. The molecule has 0 spiro atoms. The van der Waals surface area contributed by atoms with Crippen LogP contribution in [0.2, 0.25) is 0 Å². The van der Waals surface area contributed by atoms with Gasteiger partial charge in [-0.2, -0.15) is 11.8 Å². The summed E-state index contributed by atoms with van der Waals surface area (Å²) >= 11 is 1.56. The molecule has 0 aliphatic heterocycles. The van der Waals surface area contributed by atoms with Crippen molar-refractivity contribution in [3.63, 3.8) is 0 Å². The van der Waals surface area contributed by atoms with E-state index < -0.39 is 15.8 Å². The van der Waals surface area contributed by atoms with Crippen LogP contribution < -0.4 is 5.73 Å². The molecule has 0 saturated heterocycles. The van der Waals surface area contributed by atoms with Gasteiger partial charge in [0, 0.05) is 31.5 Å². The van der Waals surface area contributed by atoms with Crippen molar-refractivity contribution in [1.82, 2.24) is 4.31 Å². The van der Waals surface area contributed by atoms with E-state index in [-0.39, 0.29) is 17.0 Å². The van der Waals surface area contributed by atoms with Crippen LogP contribution in [0.15, 0.2) is 17.0 Å². The molecule has 4 nitrogen and oxygen atoms in total. The van der Waals surface area contributed by atoms with Crippen LogP contribution in [0.4, 0.5) is 4.39 Å². The average Bonchev–Trinajstić information content (AvgIpc) is 2.38. The van der Waals surface area contributed by atoms with Crippen LogP contribution >= 0.6 is 11.8 Å². The predicted octanol–water partition coefficient (Wildman–Crippen LogP) is 1.58. The van der Waals surface area contributed by atoms with Crippen molar-refractivity contribution < 1.29 is 12.8 Å². The fourth-order valence-corrected chi connectivity index (χ4v) is 3.62. The highest BCUT2D eigenvalue weighted by Gasteiger charge is 2.24. The smallest absolute Gasteiger partial charge is 0.243 e. The van der Waals surface area contributed by atoms with Crippen molar-refractivity contribution in [3.05, 3.63) is 29.1 Å². The number of nitrogens with zero attached hydrogens (tertiary/aromatic N) is 1. The minimum atomic E-state index is -3.67. The van der Waals surface area contributed by atoms with Gasteiger partial charge >= 0.3 is 0 Å². The van der Waals surface area contributed by atoms with Gasteiger partial charge in [-0.15, -0.1) is 0 Å². The molecule has 1 rings (SSSR count). The molecule has 7 heteroatoms. The molecule has 1 aromatic rings. The van der Waals surface area contributed by atoms with Crippen LogP contribution in [0.5, 0.6) is 0 Å². The monoisotopic (exact) mass is 306 g/mol. The minimum Gasteiger partial charge on any atom is -0.326 e. The van der Waals surface area contributed by atoms with Crippen molar-refractivity contribution >= 4 is 21.8 Å². The SMILES string of the molecule is CSCCN(C)S(=O)(=O)c1cc(CN)cc(F)c1C. The molecule has 0 unspecified atom stereocenters. The van der Waals surface area contributed by atoms with E-state index >= 15 is 0 Å². The molecular formula is C12H19FN2O2S2. The second kappa shape index (κ2) is 6.69. The fraction of sp³-hybridized carbons (Fsp3) is 0.500. The normalized spacial score (nSPS) is 12.1. The van der Waals surface area contributed by atoms with Gasteiger partial charge in [-0.05, 0) is 30.9 Å². The summed E-state index contributed by atoms with van der Waals surface area (Å²) in [5.74, 6) is 0.146. The molecule has 0 aliphatic rings. The van der Waals surface area contributed by atoms with E-state index in [1.54, 1.807) is 11.8 Å². The van der Waals surface area contributed by atoms with E-state index in [0.29, 0.717) is 17.9 Å². The van der Waals surface area contributed by atoms with E-state index in [2.05, 4.69) is 0 Å². The summed E-state index contributed by atoms with van der Waals surface area (Å²) in [5, 5.41) is 0. The Kier molecular flexibility index (Phi) is 5.79. The molecule has 0 radical (unpaired) electrons. The second-order valence-electron chi connectivity index (χ2n) is 4.22. The molecule has 0 aliphatic carbocycles. The number of hydrogen-bond acceptors (Lipinski definition) is 4. The Hall–Kier alpha value is -0.630. The van der Waals surface area contributed by atoms with Crippen molar-refractivity contribution in [1.29, 1.82) is 0 Å². The Morgan fingerprint density at radius 3 is 2.58 bits per heavy atom. The maximum atomic E-state index is 13.7. The number of benzene rings is 1. The lowest BCUT2D eigenvalue weighted by Gasteiger charge is -2.19. The first kappa shape index (κ1) is 16.4. The summed E-state index contributed by atoms with van der Waals surface area (Å²) in [6.45, 7) is 1.95. The highest BCUT2D eigenvalue weighted by Crippen LogP contribution is 2.23. The van der Waals surface area contributed by atoms with Crippen LogP contribution in [0, 0.1) is 12.7 Å². The third-order valence-electron chi connectivity index (χ3n) is 2.89. The topological polar surface area (TPSA) is 63.4 Å². The average molecular weight is 306 g/mol. The quantitative estimate of drug-likeness (QED) is 0.866. The number of thioether (sulfide) groups is 1. The fourth-order valence-electron chi connectivity index (χ4n) is 1.60. The Morgan fingerprint density at radius 2 is 2.05 bits per heavy atom. The molecule has 0 amide bonds. The van der Waals surface area contributed by atoms with Gasteiger partial charge in [-0.1, -0.05) is 0 Å². The summed E-state index contributed by atoms with van der Waals surface area (Å²) in [6.07, 6.45) is 1.90. The predicted molar refractivity (Wildman–Crippen MR) is 77.2 cm³/mol. The minimum absolute atomic E-state index is 0.00319. The third-order valence-corrected chi connectivity index (χ3v) is 5.46. The Labute approximate surface area is 118 Å². The number of hydrogen-bond donors (Lipinski definition) is 1. The van der Waals surface area contributed by atoms with Crippen LogP contribution in [0.25, 0.3) is 0 Å². The van der Waals surface area contributed by atoms with Crippen molar-refractivity contribution in [3.8, 4) is 0 Å². The van der Waals surface area contributed by atoms with Crippen molar-refractivity contribution in [2.75, 3.05) is 25.6 Å². The van der Waals surface area contributed by atoms with Gasteiger partial charge in [-0.25, -0.2) is 17.1 Å². The summed E-state index contributed by atoms with van der Waals surface area (Å²) in [6, 6.07) is 2.72. The first-order valence-electron chi connectivity index (χ1n) is 5.79. The molecule has 0 fully saturated rings. The highest BCUT2D eigenvalue weighted by molar-refractivity contribution is 7.98. The van der Waals surface area contributed by atoms with Gasteiger partial charge in [0.15, 0.2) is 0 Å². The van der Waals surface area contributed by atoms with Crippen molar-refractivity contribution in [2.45, 2.75) is 18.4 Å². The van der Waals surface area contributed by atoms with Gasteiger partial charge in [0.1, 0.15) is 5.82 Å². The molecule has 1 aromatic carbocycles. The zero-order valence-corrected chi connectivity index (χ0v) is 12.9. The lowest BCUT2D eigenvalue weighted by Crippen LogP contribution is -2.30. The standard InChI is InChI=1S/C12H19FN2O2S2/c1-9-11(13)6-10(8-14)7-12(9)19(16,17)15(2)4-5-18-3/h6-7H,4-5,8,14H2,1-3H3. The Morgan fingerprint density at radius 1 is 1.42 bits per heavy atom. The van der Waals surface area contributed by atoms with E-state index in [4.69, 9.17) is 5.73 Å². The van der Waals surface area contributed by atoms with E-state index in [1.807, 2.05) is 6.26 Å². The Balaban J connectivity index is 3.24. The summed E-state index contributed by atoms with van der Waals surface area (Å²) in [7, 11) is -2.17. The number of rotatable bonds is 6. The van der Waals surface area contributed by atoms with Gasteiger partial charge in [0.2, 0.25) is 10.0 Å². The molecule has 19 heavy (non-hydrogen) atoms. The van der Waals surface area contributed by atoms with Crippen LogP contribution in [-0.4, -0.2) is 38.3 Å². The molecule has 0 aromatic heterocycles. The van der Waals surface area contributed by atoms with Crippen LogP contribution in [0.1, 0.15) is 11.1 Å². The summed E-state index contributed by atoms with van der Waals surface area (Å²) in [4.78, 5) is -0.00319. The zero-order chi connectivity index (χ0) is 14.6. The molecule has 0 bridgehead atoms. The Bertz CT molecular complexity index is 547. The molecular weight excluding hydrogens is 287 g/mol. The van der Waals surface area contributed by atoms with E-state index in [9.17, 15) is 12.8 Å². The van der Waals surface area contributed by atoms with Crippen LogP contribution in [-0.2, 0) is 16.6 Å². The van der Waals surface area contributed by atoms with Crippen molar-refractivity contribution in [2.24, 2.45) is 5.73 Å². The van der Waals surface area contributed by atoms with Crippen LogP contribution in [0.3, 0.4) is 0 Å². The van der Waals surface area contributed by atoms with E-state index in [1.165, 1.54) is 30.4 Å². The zero-order valence-electron chi connectivity index (χ0n) is 11.3. The largest absolute Gasteiger partial charge is 0.326 e. The lowest BCUT2D eigenvalue weighted by atomic mass is 10.1.